The molecule has 0 aliphatic carbocycles. The summed E-state index contributed by atoms with van der Waals surface area (Å²) in [5, 5.41) is 4.20. The maximum absolute atomic E-state index is 12.4. The fourth-order valence-electron chi connectivity index (χ4n) is 2.41. The van der Waals surface area contributed by atoms with Crippen LogP contribution in [0.1, 0.15) is 25.5 Å². The number of aromatic nitrogens is 2. The molecule has 1 aromatic heterocycles. The Bertz CT molecular complexity index is 607. The van der Waals surface area contributed by atoms with Crippen LogP contribution in [-0.2, 0) is 19.1 Å². The lowest BCUT2D eigenvalue weighted by atomic mass is 9.93. The molecule has 0 amide bonds. The Morgan fingerprint density at radius 2 is 1.65 bits per heavy atom. The Morgan fingerprint density at radius 1 is 1.04 bits per heavy atom. The molecule has 23 heavy (non-hydrogen) atoms. The van der Waals surface area contributed by atoms with Crippen LogP contribution >= 0.6 is 0 Å². The fraction of sp³-hybridized carbons (Fsp3) is 0.353. The molecule has 0 spiro atoms. The minimum absolute atomic E-state index is 0.190. The Morgan fingerprint density at radius 3 is 2.13 bits per heavy atom. The number of ether oxygens (including phenoxy) is 2. The SMILES string of the molecule is CCOC(=O)C(C(=O)OCC)[C@@H](c1ccccc1)n1cccn1. The van der Waals surface area contributed by atoms with Crippen LogP contribution in [0.2, 0.25) is 0 Å². The summed E-state index contributed by atoms with van der Waals surface area (Å²) in [5.41, 5.74) is 0.780. The summed E-state index contributed by atoms with van der Waals surface area (Å²) in [5.74, 6) is -2.34. The molecule has 0 fully saturated rings. The maximum atomic E-state index is 12.4. The van der Waals surface area contributed by atoms with Gasteiger partial charge in [-0.05, 0) is 25.5 Å². The molecular formula is C17H20N2O4. The second-order valence-corrected chi connectivity index (χ2v) is 4.82. The zero-order valence-corrected chi connectivity index (χ0v) is 13.2. The lowest BCUT2D eigenvalue weighted by molar-refractivity contribution is -0.163. The van der Waals surface area contributed by atoms with E-state index in [0.717, 1.165) is 5.56 Å². The van der Waals surface area contributed by atoms with Gasteiger partial charge in [0, 0.05) is 12.4 Å². The average Bonchev–Trinajstić information content (AvgIpc) is 3.07. The van der Waals surface area contributed by atoms with Crippen LogP contribution in [0, 0.1) is 5.92 Å². The van der Waals surface area contributed by atoms with Gasteiger partial charge >= 0.3 is 11.9 Å². The zero-order chi connectivity index (χ0) is 16.7. The van der Waals surface area contributed by atoms with Crippen molar-refractivity contribution in [3.8, 4) is 0 Å². The van der Waals surface area contributed by atoms with Gasteiger partial charge in [0.2, 0.25) is 0 Å². The largest absolute Gasteiger partial charge is 0.465 e. The summed E-state index contributed by atoms with van der Waals surface area (Å²) in [6, 6.07) is 10.4. The summed E-state index contributed by atoms with van der Waals surface area (Å²) < 4.78 is 11.8. The standard InChI is InChI=1S/C17H20N2O4/c1-3-22-16(20)14(17(21)23-4-2)15(19-12-8-11-18-19)13-9-6-5-7-10-13/h5-12,14-15H,3-4H2,1-2H3/t15-/m1/s1. The van der Waals surface area contributed by atoms with Gasteiger partial charge in [-0.1, -0.05) is 30.3 Å². The van der Waals surface area contributed by atoms with E-state index in [1.807, 2.05) is 30.3 Å². The van der Waals surface area contributed by atoms with E-state index >= 15 is 0 Å². The Kier molecular flexibility index (Phi) is 5.91. The lowest BCUT2D eigenvalue weighted by Gasteiger charge is -2.25. The van der Waals surface area contributed by atoms with E-state index in [-0.39, 0.29) is 13.2 Å². The van der Waals surface area contributed by atoms with Crippen LogP contribution in [0.25, 0.3) is 0 Å². The molecule has 122 valence electrons. The average molecular weight is 316 g/mol. The topological polar surface area (TPSA) is 70.4 Å². The van der Waals surface area contributed by atoms with Crippen molar-refractivity contribution in [3.63, 3.8) is 0 Å². The number of carbonyl (C=O) groups excluding carboxylic acids is 2. The van der Waals surface area contributed by atoms with Gasteiger partial charge in [-0.25, -0.2) is 0 Å². The highest BCUT2D eigenvalue weighted by atomic mass is 16.6. The van der Waals surface area contributed by atoms with Crippen molar-refractivity contribution in [2.24, 2.45) is 5.92 Å². The third kappa shape index (κ3) is 3.97. The van der Waals surface area contributed by atoms with Gasteiger partial charge in [0.05, 0.1) is 13.2 Å². The first-order chi connectivity index (χ1) is 11.2. The number of benzene rings is 1. The van der Waals surface area contributed by atoms with E-state index in [2.05, 4.69) is 5.10 Å². The van der Waals surface area contributed by atoms with Gasteiger partial charge in [0.1, 0.15) is 6.04 Å². The van der Waals surface area contributed by atoms with Crippen molar-refractivity contribution in [2.45, 2.75) is 19.9 Å². The first-order valence-corrected chi connectivity index (χ1v) is 7.56. The highest BCUT2D eigenvalue weighted by Crippen LogP contribution is 2.28. The smallest absolute Gasteiger partial charge is 0.322 e. The summed E-state index contributed by atoms with van der Waals surface area (Å²) >= 11 is 0. The van der Waals surface area contributed by atoms with Gasteiger partial charge in [-0.3, -0.25) is 14.3 Å². The van der Waals surface area contributed by atoms with Crippen LogP contribution in [0.5, 0.6) is 0 Å². The quantitative estimate of drug-likeness (QED) is 0.578. The molecule has 1 aromatic carbocycles. The van der Waals surface area contributed by atoms with E-state index in [1.54, 1.807) is 37.0 Å². The van der Waals surface area contributed by atoms with Crippen LogP contribution in [0.4, 0.5) is 0 Å². The van der Waals surface area contributed by atoms with Gasteiger partial charge in [-0.15, -0.1) is 0 Å². The monoisotopic (exact) mass is 316 g/mol. The molecule has 0 saturated carbocycles. The summed E-state index contributed by atoms with van der Waals surface area (Å²) in [6.45, 7) is 3.78. The first-order valence-electron chi connectivity index (χ1n) is 7.56. The van der Waals surface area contributed by atoms with Crippen LogP contribution in [0.15, 0.2) is 48.8 Å². The molecular weight excluding hydrogens is 296 g/mol. The fourth-order valence-corrected chi connectivity index (χ4v) is 2.41. The van der Waals surface area contributed by atoms with Gasteiger partial charge in [-0.2, -0.15) is 5.10 Å². The van der Waals surface area contributed by atoms with Crippen molar-refractivity contribution in [1.29, 1.82) is 0 Å². The van der Waals surface area contributed by atoms with Crippen LogP contribution in [0.3, 0.4) is 0 Å². The van der Waals surface area contributed by atoms with E-state index in [4.69, 9.17) is 9.47 Å². The number of esters is 2. The highest BCUT2D eigenvalue weighted by molar-refractivity contribution is 5.96. The predicted molar refractivity (Wildman–Crippen MR) is 83.6 cm³/mol. The van der Waals surface area contributed by atoms with E-state index < -0.39 is 23.9 Å². The molecule has 2 aromatic rings. The lowest BCUT2D eigenvalue weighted by Crippen LogP contribution is -2.36. The number of rotatable bonds is 7. The Labute approximate surface area is 135 Å². The third-order valence-electron chi connectivity index (χ3n) is 3.35. The number of hydrogen-bond acceptors (Lipinski definition) is 5. The normalized spacial score (nSPS) is 12.0. The summed E-state index contributed by atoms with van der Waals surface area (Å²) in [7, 11) is 0. The van der Waals surface area contributed by atoms with Gasteiger partial charge in [0.15, 0.2) is 5.92 Å². The van der Waals surface area contributed by atoms with Crippen molar-refractivity contribution >= 4 is 11.9 Å². The molecule has 1 atom stereocenters. The second-order valence-electron chi connectivity index (χ2n) is 4.82. The van der Waals surface area contributed by atoms with Crippen molar-refractivity contribution in [2.75, 3.05) is 13.2 Å². The minimum Gasteiger partial charge on any atom is -0.465 e. The number of carbonyl (C=O) groups is 2. The van der Waals surface area contributed by atoms with Gasteiger partial charge < -0.3 is 9.47 Å². The molecule has 0 bridgehead atoms. The summed E-state index contributed by atoms with van der Waals surface area (Å²) in [6.07, 6.45) is 3.31. The maximum Gasteiger partial charge on any atom is 0.322 e. The van der Waals surface area contributed by atoms with Crippen molar-refractivity contribution < 1.29 is 19.1 Å². The molecule has 0 aliphatic heterocycles. The minimum atomic E-state index is -1.11. The molecule has 0 N–H and O–H groups in total. The Hall–Kier alpha value is -2.63. The van der Waals surface area contributed by atoms with Crippen LogP contribution in [-0.4, -0.2) is 34.9 Å². The summed E-state index contributed by atoms with van der Waals surface area (Å²) in [4.78, 5) is 24.8. The molecule has 6 heteroatoms. The molecule has 6 nitrogen and oxygen atoms in total. The van der Waals surface area contributed by atoms with Crippen molar-refractivity contribution in [1.82, 2.24) is 9.78 Å². The van der Waals surface area contributed by atoms with E-state index in [0.29, 0.717) is 0 Å². The predicted octanol–water partition coefficient (Wildman–Crippen LogP) is 2.21. The Balaban J connectivity index is 2.47. The molecule has 0 radical (unpaired) electrons. The van der Waals surface area contributed by atoms with Crippen LogP contribution < -0.4 is 0 Å². The molecule has 0 saturated heterocycles. The van der Waals surface area contributed by atoms with E-state index in [1.165, 1.54) is 0 Å². The zero-order valence-electron chi connectivity index (χ0n) is 13.2. The number of hydrogen-bond donors (Lipinski definition) is 0. The number of nitrogens with zero attached hydrogens (tertiary/aromatic N) is 2. The second kappa shape index (κ2) is 8.12. The molecule has 0 aliphatic rings. The van der Waals surface area contributed by atoms with Gasteiger partial charge in [0.25, 0.3) is 0 Å². The van der Waals surface area contributed by atoms with Crippen molar-refractivity contribution in [3.05, 3.63) is 54.4 Å². The molecule has 2 rings (SSSR count). The highest BCUT2D eigenvalue weighted by Gasteiger charge is 2.40. The molecule has 0 unspecified atom stereocenters. The molecule has 1 heterocycles. The first kappa shape index (κ1) is 16.7. The third-order valence-corrected chi connectivity index (χ3v) is 3.35. The van der Waals surface area contributed by atoms with E-state index in [9.17, 15) is 9.59 Å².